The van der Waals surface area contributed by atoms with Gasteiger partial charge in [0.15, 0.2) is 0 Å². The number of halogens is 1. The molecule has 1 amide bonds. The number of benzene rings is 2. The molecule has 4 rings (SSSR count). The topological polar surface area (TPSA) is 108 Å². The van der Waals surface area contributed by atoms with Gasteiger partial charge in [0.25, 0.3) is 5.91 Å². The molecule has 9 nitrogen and oxygen atoms in total. The van der Waals surface area contributed by atoms with Crippen LogP contribution >= 0.6 is 0 Å². The fraction of sp³-hybridized carbons (Fsp3) is 0.174. The number of aryl methyl sites for hydroxylation is 1. The number of nitro groups is 1. The SMILES string of the molecule is Cc1nn(Cc2cccc(C(=O)Nc3cnn(Cc4ccc(F)cc4)c3)c2)c(C)c1[N+](=O)[O-]. The highest BCUT2D eigenvalue weighted by Crippen LogP contribution is 2.23. The van der Waals surface area contributed by atoms with E-state index >= 15 is 0 Å². The van der Waals surface area contributed by atoms with Crippen LogP contribution in [0.25, 0.3) is 0 Å². The Labute approximate surface area is 188 Å². The van der Waals surface area contributed by atoms with Crippen molar-refractivity contribution in [3.63, 3.8) is 0 Å². The number of aromatic nitrogens is 4. The molecule has 0 fully saturated rings. The summed E-state index contributed by atoms with van der Waals surface area (Å²) in [7, 11) is 0. The summed E-state index contributed by atoms with van der Waals surface area (Å²) < 4.78 is 16.3. The van der Waals surface area contributed by atoms with E-state index in [2.05, 4.69) is 15.5 Å². The van der Waals surface area contributed by atoms with Crippen molar-refractivity contribution in [1.82, 2.24) is 19.6 Å². The highest BCUT2D eigenvalue weighted by molar-refractivity contribution is 6.04. The molecule has 0 aliphatic rings. The van der Waals surface area contributed by atoms with Crippen molar-refractivity contribution < 1.29 is 14.1 Å². The number of anilines is 1. The van der Waals surface area contributed by atoms with Crippen LogP contribution in [0, 0.1) is 29.8 Å². The maximum atomic E-state index is 13.1. The Hall–Kier alpha value is -4.34. The second-order valence-electron chi connectivity index (χ2n) is 7.64. The van der Waals surface area contributed by atoms with Crippen molar-refractivity contribution in [2.24, 2.45) is 0 Å². The van der Waals surface area contributed by atoms with Crippen LogP contribution in [0.5, 0.6) is 0 Å². The first-order chi connectivity index (χ1) is 15.8. The summed E-state index contributed by atoms with van der Waals surface area (Å²) in [4.78, 5) is 23.5. The van der Waals surface area contributed by atoms with Gasteiger partial charge in [-0.05, 0) is 49.2 Å². The Morgan fingerprint density at radius 1 is 1.12 bits per heavy atom. The summed E-state index contributed by atoms with van der Waals surface area (Å²) in [5, 5.41) is 22.5. The lowest BCUT2D eigenvalue weighted by Gasteiger charge is -2.07. The lowest BCUT2D eigenvalue weighted by Crippen LogP contribution is -2.12. The number of nitrogens with zero attached hydrogens (tertiary/aromatic N) is 5. The molecule has 2 heterocycles. The average Bonchev–Trinajstić information content (AvgIpc) is 3.33. The van der Waals surface area contributed by atoms with E-state index in [1.807, 2.05) is 6.07 Å². The van der Waals surface area contributed by atoms with Crippen molar-refractivity contribution >= 4 is 17.3 Å². The van der Waals surface area contributed by atoms with Crippen molar-refractivity contribution in [2.75, 3.05) is 5.32 Å². The molecule has 168 valence electrons. The fourth-order valence-corrected chi connectivity index (χ4v) is 3.58. The summed E-state index contributed by atoms with van der Waals surface area (Å²) in [6.45, 7) is 4.00. The van der Waals surface area contributed by atoms with Crippen LogP contribution in [-0.2, 0) is 13.1 Å². The Kier molecular flexibility index (Phi) is 5.99. The molecule has 0 atom stereocenters. The number of carbonyl (C=O) groups excluding carboxylic acids is 1. The number of carbonyl (C=O) groups is 1. The van der Waals surface area contributed by atoms with Crippen LogP contribution in [0.4, 0.5) is 15.8 Å². The van der Waals surface area contributed by atoms with Gasteiger partial charge in [0, 0.05) is 11.8 Å². The summed E-state index contributed by atoms with van der Waals surface area (Å²) in [6.07, 6.45) is 3.24. The van der Waals surface area contributed by atoms with E-state index in [-0.39, 0.29) is 17.4 Å². The molecule has 1 N–H and O–H groups in total. The lowest BCUT2D eigenvalue weighted by molar-refractivity contribution is -0.386. The van der Waals surface area contributed by atoms with Crippen molar-refractivity contribution in [2.45, 2.75) is 26.9 Å². The van der Waals surface area contributed by atoms with Gasteiger partial charge < -0.3 is 5.32 Å². The number of hydrogen-bond donors (Lipinski definition) is 1. The third kappa shape index (κ3) is 4.95. The van der Waals surface area contributed by atoms with Crippen LogP contribution in [0.1, 0.15) is 32.9 Å². The van der Waals surface area contributed by atoms with Crippen molar-refractivity contribution in [3.05, 3.63) is 105 Å². The second kappa shape index (κ2) is 9.03. The predicted molar refractivity (Wildman–Crippen MR) is 120 cm³/mol. The molecule has 0 aliphatic heterocycles. The molecular formula is C23H21FN6O3. The number of amides is 1. The number of hydrogen-bond acceptors (Lipinski definition) is 5. The predicted octanol–water partition coefficient (Wildman–Crippen LogP) is 4.09. The third-order valence-corrected chi connectivity index (χ3v) is 5.20. The highest BCUT2D eigenvalue weighted by Gasteiger charge is 2.21. The smallest absolute Gasteiger partial charge is 0.312 e. The molecule has 0 saturated carbocycles. The molecular weight excluding hydrogens is 427 g/mol. The highest BCUT2D eigenvalue weighted by atomic mass is 19.1. The zero-order valence-corrected chi connectivity index (χ0v) is 18.0. The van der Waals surface area contributed by atoms with Gasteiger partial charge in [-0.2, -0.15) is 10.2 Å². The molecule has 0 unspecified atom stereocenters. The molecule has 0 radical (unpaired) electrons. The first kappa shape index (κ1) is 21.9. The molecule has 2 aromatic carbocycles. The maximum Gasteiger partial charge on any atom is 0.312 e. The van der Waals surface area contributed by atoms with Gasteiger partial charge in [0.1, 0.15) is 17.2 Å². The molecule has 33 heavy (non-hydrogen) atoms. The van der Waals surface area contributed by atoms with E-state index in [0.717, 1.165) is 11.1 Å². The van der Waals surface area contributed by atoms with Crippen LogP contribution in [-0.4, -0.2) is 30.4 Å². The largest absolute Gasteiger partial charge is 0.319 e. The van der Waals surface area contributed by atoms with Crippen molar-refractivity contribution in [3.8, 4) is 0 Å². The second-order valence-corrected chi connectivity index (χ2v) is 7.64. The quantitative estimate of drug-likeness (QED) is 0.338. The Morgan fingerprint density at radius 2 is 1.88 bits per heavy atom. The van der Waals surface area contributed by atoms with Crippen LogP contribution < -0.4 is 5.32 Å². The third-order valence-electron chi connectivity index (χ3n) is 5.20. The lowest BCUT2D eigenvalue weighted by atomic mass is 10.1. The van der Waals surface area contributed by atoms with E-state index in [1.54, 1.807) is 65.9 Å². The summed E-state index contributed by atoms with van der Waals surface area (Å²) >= 11 is 0. The van der Waals surface area contributed by atoms with Gasteiger partial charge in [-0.3, -0.25) is 24.3 Å². The molecule has 0 spiro atoms. The fourth-order valence-electron chi connectivity index (χ4n) is 3.58. The van der Waals surface area contributed by atoms with E-state index in [4.69, 9.17) is 0 Å². The van der Waals surface area contributed by atoms with Gasteiger partial charge in [0.2, 0.25) is 0 Å². The molecule has 0 aliphatic carbocycles. The zero-order valence-electron chi connectivity index (χ0n) is 18.0. The Morgan fingerprint density at radius 3 is 2.58 bits per heavy atom. The van der Waals surface area contributed by atoms with Crippen LogP contribution in [0.2, 0.25) is 0 Å². The van der Waals surface area contributed by atoms with E-state index in [9.17, 15) is 19.3 Å². The van der Waals surface area contributed by atoms with E-state index in [0.29, 0.717) is 35.7 Å². The van der Waals surface area contributed by atoms with E-state index in [1.165, 1.54) is 12.1 Å². The van der Waals surface area contributed by atoms with Gasteiger partial charge >= 0.3 is 5.69 Å². The number of rotatable bonds is 7. The molecule has 0 saturated heterocycles. The minimum Gasteiger partial charge on any atom is -0.319 e. The average molecular weight is 448 g/mol. The molecule has 4 aromatic rings. The normalized spacial score (nSPS) is 10.9. The molecule has 0 bridgehead atoms. The van der Waals surface area contributed by atoms with Crippen LogP contribution in [0.3, 0.4) is 0 Å². The van der Waals surface area contributed by atoms with Gasteiger partial charge in [-0.25, -0.2) is 4.39 Å². The van der Waals surface area contributed by atoms with Gasteiger partial charge in [-0.15, -0.1) is 0 Å². The standard InChI is InChI=1S/C23H21FN6O3/c1-15-22(30(32)33)16(2)29(27-15)13-18-4-3-5-19(10-18)23(31)26-21-11-25-28(14-21)12-17-6-8-20(24)9-7-17/h3-11,14H,12-13H2,1-2H3,(H,26,31). The molecule has 2 aromatic heterocycles. The summed E-state index contributed by atoms with van der Waals surface area (Å²) in [5.41, 5.74) is 3.45. The van der Waals surface area contributed by atoms with Crippen LogP contribution in [0.15, 0.2) is 60.9 Å². The van der Waals surface area contributed by atoms with E-state index < -0.39 is 4.92 Å². The first-order valence-electron chi connectivity index (χ1n) is 10.2. The Balaban J connectivity index is 1.44. The summed E-state index contributed by atoms with van der Waals surface area (Å²) in [5.74, 6) is -0.608. The van der Waals surface area contributed by atoms with Gasteiger partial charge in [-0.1, -0.05) is 24.3 Å². The monoisotopic (exact) mass is 448 g/mol. The maximum absolute atomic E-state index is 13.1. The van der Waals surface area contributed by atoms with Gasteiger partial charge in [0.05, 0.1) is 29.9 Å². The van der Waals surface area contributed by atoms with Crippen molar-refractivity contribution in [1.29, 1.82) is 0 Å². The zero-order chi connectivity index (χ0) is 23.5. The number of nitrogens with one attached hydrogen (secondary N) is 1. The summed E-state index contributed by atoms with van der Waals surface area (Å²) in [6, 6.07) is 13.1. The Bertz CT molecular complexity index is 1330. The molecule has 10 heteroatoms. The first-order valence-corrected chi connectivity index (χ1v) is 10.2. The minimum atomic E-state index is -0.436. The minimum absolute atomic E-state index is 0.00143.